The molecule has 4 rings (SSSR count). The second-order valence-corrected chi connectivity index (χ2v) is 6.56. The van der Waals surface area contributed by atoms with Crippen molar-refractivity contribution in [2.45, 2.75) is 6.54 Å². The molecule has 5 nitrogen and oxygen atoms in total. The van der Waals surface area contributed by atoms with Crippen molar-refractivity contribution in [3.8, 4) is 11.1 Å². The fourth-order valence-electron chi connectivity index (χ4n) is 3.11. The second-order valence-electron chi connectivity index (χ2n) is 6.15. The van der Waals surface area contributed by atoms with Gasteiger partial charge < -0.3 is 16.0 Å². The molecule has 3 aromatic carbocycles. The number of rotatable bonds is 3. The largest absolute Gasteiger partial charge is 0.348 e. The smallest absolute Gasteiger partial charge is 0.323 e. The van der Waals surface area contributed by atoms with E-state index in [2.05, 4.69) is 16.0 Å². The molecule has 0 bridgehead atoms. The van der Waals surface area contributed by atoms with Crippen LogP contribution in [0.1, 0.15) is 15.9 Å². The van der Waals surface area contributed by atoms with E-state index in [1.165, 1.54) is 0 Å². The molecule has 0 saturated heterocycles. The van der Waals surface area contributed by atoms with Crippen LogP contribution in [-0.2, 0) is 6.54 Å². The molecule has 0 aliphatic carbocycles. The summed E-state index contributed by atoms with van der Waals surface area (Å²) in [6.07, 6.45) is 0. The molecule has 1 aliphatic rings. The average molecular weight is 378 g/mol. The molecular formula is C21H16ClN3O2. The van der Waals surface area contributed by atoms with Crippen LogP contribution in [0.2, 0.25) is 5.02 Å². The summed E-state index contributed by atoms with van der Waals surface area (Å²) in [6, 6.07) is 19.8. The van der Waals surface area contributed by atoms with Gasteiger partial charge in [0.25, 0.3) is 5.91 Å². The summed E-state index contributed by atoms with van der Waals surface area (Å²) in [6.45, 7) is 0.501. The summed E-state index contributed by atoms with van der Waals surface area (Å²) in [5, 5.41) is 8.75. The standard InChI is InChI=1S/C21H16ClN3O2/c22-18-11-13(15-7-4-8-16-17(15)12-23-20(16)26)9-10-19(18)25-21(27)24-14-5-2-1-3-6-14/h1-11H,12H2,(H,23,26)(H2,24,25,27). The van der Waals surface area contributed by atoms with Crippen LogP contribution in [0.4, 0.5) is 16.2 Å². The van der Waals surface area contributed by atoms with Gasteiger partial charge in [0.05, 0.1) is 10.7 Å². The van der Waals surface area contributed by atoms with Gasteiger partial charge in [-0.25, -0.2) is 4.79 Å². The van der Waals surface area contributed by atoms with Gasteiger partial charge in [-0.1, -0.05) is 48.0 Å². The number of fused-ring (bicyclic) bond motifs is 1. The quantitative estimate of drug-likeness (QED) is 0.608. The predicted octanol–water partition coefficient (Wildman–Crippen LogP) is 4.89. The van der Waals surface area contributed by atoms with Crippen molar-refractivity contribution >= 4 is 34.9 Å². The van der Waals surface area contributed by atoms with E-state index >= 15 is 0 Å². The van der Waals surface area contributed by atoms with Crippen molar-refractivity contribution in [1.29, 1.82) is 0 Å². The molecule has 0 radical (unpaired) electrons. The maximum atomic E-state index is 12.2. The highest BCUT2D eigenvalue weighted by Crippen LogP contribution is 2.33. The van der Waals surface area contributed by atoms with Crippen LogP contribution in [0.3, 0.4) is 0 Å². The van der Waals surface area contributed by atoms with E-state index in [0.29, 0.717) is 28.5 Å². The molecule has 134 valence electrons. The molecule has 1 aliphatic heterocycles. The minimum Gasteiger partial charge on any atom is -0.348 e. The van der Waals surface area contributed by atoms with Crippen molar-refractivity contribution in [3.63, 3.8) is 0 Å². The van der Waals surface area contributed by atoms with E-state index in [0.717, 1.165) is 16.7 Å². The van der Waals surface area contributed by atoms with Gasteiger partial charge in [-0.05, 0) is 47.0 Å². The molecule has 0 saturated carbocycles. The number of nitrogens with one attached hydrogen (secondary N) is 3. The lowest BCUT2D eigenvalue weighted by Gasteiger charge is -2.12. The average Bonchev–Trinajstić information content (AvgIpc) is 3.05. The van der Waals surface area contributed by atoms with Gasteiger partial charge in [-0.2, -0.15) is 0 Å². The Bertz CT molecular complexity index is 1030. The van der Waals surface area contributed by atoms with E-state index in [9.17, 15) is 9.59 Å². The third kappa shape index (κ3) is 3.50. The molecule has 3 N–H and O–H groups in total. The first kappa shape index (κ1) is 17.1. The first-order valence-corrected chi connectivity index (χ1v) is 8.83. The first-order valence-electron chi connectivity index (χ1n) is 8.45. The Morgan fingerprint density at radius 3 is 2.48 bits per heavy atom. The molecule has 0 aromatic heterocycles. The Balaban J connectivity index is 1.55. The lowest BCUT2D eigenvalue weighted by molar-refractivity contribution is 0.0965. The third-order valence-corrected chi connectivity index (χ3v) is 4.72. The summed E-state index contributed by atoms with van der Waals surface area (Å²) >= 11 is 6.38. The SMILES string of the molecule is O=C(Nc1ccccc1)Nc1ccc(-c2cccc3c2CNC3=O)cc1Cl. The number of amides is 3. The van der Waals surface area contributed by atoms with Gasteiger partial charge in [0.1, 0.15) is 0 Å². The fraction of sp³-hybridized carbons (Fsp3) is 0.0476. The first-order chi connectivity index (χ1) is 13.1. The molecule has 3 amide bonds. The van der Waals surface area contributed by atoms with E-state index in [-0.39, 0.29) is 11.9 Å². The topological polar surface area (TPSA) is 70.2 Å². The molecule has 3 aromatic rings. The summed E-state index contributed by atoms with van der Waals surface area (Å²) in [5.41, 5.74) is 4.69. The van der Waals surface area contributed by atoms with Crippen LogP contribution < -0.4 is 16.0 Å². The number of anilines is 2. The van der Waals surface area contributed by atoms with E-state index < -0.39 is 0 Å². The maximum Gasteiger partial charge on any atom is 0.323 e. The second kappa shape index (κ2) is 7.13. The van der Waals surface area contributed by atoms with Crippen LogP contribution in [0, 0.1) is 0 Å². The summed E-state index contributed by atoms with van der Waals surface area (Å²) in [7, 11) is 0. The van der Waals surface area contributed by atoms with Crippen molar-refractivity contribution in [3.05, 3.63) is 82.9 Å². The Labute approximate surface area is 161 Å². The summed E-state index contributed by atoms with van der Waals surface area (Å²) in [4.78, 5) is 24.0. The zero-order valence-electron chi connectivity index (χ0n) is 14.3. The lowest BCUT2D eigenvalue weighted by Crippen LogP contribution is -2.19. The molecule has 0 spiro atoms. The number of para-hydroxylation sites is 1. The van der Waals surface area contributed by atoms with Gasteiger partial charge in [-0.15, -0.1) is 0 Å². The lowest BCUT2D eigenvalue weighted by atomic mass is 9.97. The number of hydrogen-bond acceptors (Lipinski definition) is 2. The zero-order valence-corrected chi connectivity index (χ0v) is 15.0. The number of hydrogen-bond donors (Lipinski definition) is 3. The number of carbonyl (C=O) groups excluding carboxylic acids is 2. The van der Waals surface area contributed by atoms with Gasteiger partial charge in [0.15, 0.2) is 0 Å². The van der Waals surface area contributed by atoms with E-state index in [1.807, 2.05) is 42.5 Å². The van der Waals surface area contributed by atoms with Crippen LogP contribution in [0.5, 0.6) is 0 Å². The molecule has 6 heteroatoms. The minimum absolute atomic E-state index is 0.0613. The number of urea groups is 1. The number of benzene rings is 3. The zero-order chi connectivity index (χ0) is 18.8. The Kier molecular flexibility index (Phi) is 4.52. The molecular weight excluding hydrogens is 362 g/mol. The predicted molar refractivity (Wildman–Crippen MR) is 107 cm³/mol. The van der Waals surface area contributed by atoms with Crippen molar-refractivity contribution in [1.82, 2.24) is 5.32 Å². The van der Waals surface area contributed by atoms with Crippen LogP contribution in [0.25, 0.3) is 11.1 Å². The van der Waals surface area contributed by atoms with Gasteiger partial charge >= 0.3 is 6.03 Å². The number of halogens is 1. The van der Waals surface area contributed by atoms with E-state index in [1.54, 1.807) is 24.3 Å². The maximum absolute atomic E-state index is 12.2. The van der Waals surface area contributed by atoms with Gasteiger partial charge in [0, 0.05) is 17.8 Å². The minimum atomic E-state index is -0.369. The summed E-state index contributed by atoms with van der Waals surface area (Å²) in [5.74, 6) is -0.0613. The molecule has 0 fully saturated rings. The molecule has 27 heavy (non-hydrogen) atoms. The van der Waals surface area contributed by atoms with Crippen LogP contribution >= 0.6 is 11.6 Å². The fourth-order valence-corrected chi connectivity index (χ4v) is 3.34. The van der Waals surface area contributed by atoms with Gasteiger partial charge in [0.2, 0.25) is 0 Å². The molecule has 1 heterocycles. The van der Waals surface area contributed by atoms with E-state index in [4.69, 9.17) is 11.6 Å². The monoisotopic (exact) mass is 377 g/mol. The third-order valence-electron chi connectivity index (χ3n) is 4.41. The van der Waals surface area contributed by atoms with Crippen molar-refractivity contribution in [2.75, 3.05) is 10.6 Å². The summed E-state index contributed by atoms with van der Waals surface area (Å²) < 4.78 is 0. The van der Waals surface area contributed by atoms with Crippen LogP contribution in [0.15, 0.2) is 66.7 Å². The molecule has 0 atom stereocenters. The highest BCUT2D eigenvalue weighted by molar-refractivity contribution is 6.34. The molecule has 0 unspecified atom stereocenters. The van der Waals surface area contributed by atoms with Crippen molar-refractivity contribution < 1.29 is 9.59 Å². The highest BCUT2D eigenvalue weighted by atomic mass is 35.5. The Morgan fingerprint density at radius 2 is 1.70 bits per heavy atom. The number of carbonyl (C=O) groups is 2. The Morgan fingerprint density at radius 1 is 0.926 bits per heavy atom. The van der Waals surface area contributed by atoms with Crippen LogP contribution in [-0.4, -0.2) is 11.9 Å². The van der Waals surface area contributed by atoms with Gasteiger partial charge in [-0.3, -0.25) is 4.79 Å². The Hall–Kier alpha value is -3.31. The highest BCUT2D eigenvalue weighted by Gasteiger charge is 2.22. The van der Waals surface area contributed by atoms with Crippen molar-refractivity contribution in [2.24, 2.45) is 0 Å². The normalized spacial score (nSPS) is 12.3.